The maximum absolute atomic E-state index is 6.01. The molecule has 0 saturated carbocycles. The molecule has 112 valence electrons. The molecule has 4 atom stereocenters. The van der Waals surface area contributed by atoms with Crippen LogP contribution in [0.2, 0.25) is 0 Å². The minimum Gasteiger partial charge on any atom is -0.341 e. The molecule has 0 N–H and O–H groups in total. The third kappa shape index (κ3) is 3.20. The van der Waals surface area contributed by atoms with Crippen molar-refractivity contribution in [1.29, 1.82) is 0 Å². The fraction of sp³-hybridized carbons (Fsp3) is 0.625. The third-order valence-corrected chi connectivity index (χ3v) is 3.32. The van der Waals surface area contributed by atoms with Crippen LogP contribution >= 0.6 is 0 Å². The van der Waals surface area contributed by atoms with Gasteiger partial charge in [0.2, 0.25) is 0 Å². The summed E-state index contributed by atoms with van der Waals surface area (Å²) in [5.41, 5.74) is 0. The van der Waals surface area contributed by atoms with Crippen molar-refractivity contribution in [2.45, 2.75) is 63.7 Å². The quantitative estimate of drug-likeness (QED) is 0.586. The monoisotopic (exact) mass is 280 g/mol. The van der Waals surface area contributed by atoms with Gasteiger partial charge in [-0.2, -0.15) is 0 Å². The van der Waals surface area contributed by atoms with Gasteiger partial charge in [0.1, 0.15) is 24.4 Å². The smallest absolute Gasteiger partial charge is 0.164 e. The van der Waals surface area contributed by atoms with E-state index in [-0.39, 0.29) is 24.4 Å². The molecule has 0 spiro atoms. The van der Waals surface area contributed by atoms with Gasteiger partial charge in [-0.15, -0.1) is 6.58 Å². The first-order chi connectivity index (χ1) is 9.28. The molecule has 0 unspecified atom stereocenters. The Balaban J connectivity index is 2.22. The summed E-state index contributed by atoms with van der Waals surface area (Å²) in [6, 6.07) is 0. The molecular weight excluding hydrogens is 256 g/mol. The van der Waals surface area contributed by atoms with Crippen LogP contribution in [0.4, 0.5) is 0 Å². The fourth-order valence-corrected chi connectivity index (χ4v) is 2.66. The molecule has 0 aromatic rings. The van der Waals surface area contributed by atoms with Crippen molar-refractivity contribution in [3.05, 3.63) is 37.5 Å². The molecule has 20 heavy (non-hydrogen) atoms. The standard InChI is InChI=1S/C16H24O4/c1-7-9-10-12-14(20-16(5,6)18-12)13-11(8-2)17-15(3,4)19-13/h7-14H,1-2H2,3-6H3/b10-9-/t11-,12+,13-,14-/m1/s1. The first kappa shape index (κ1) is 15.4. The van der Waals surface area contributed by atoms with Gasteiger partial charge in [0.15, 0.2) is 11.6 Å². The Bertz CT molecular complexity index is 411. The molecule has 0 aliphatic carbocycles. The first-order valence-corrected chi connectivity index (χ1v) is 6.91. The van der Waals surface area contributed by atoms with Gasteiger partial charge in [0.05, 0.1) is 0 Å². The Morgan fingerprint density at radius 1 is 0.800 bits per heavy atom. The van der Waals surface area contributed by atoms with E-state index in [4.69, 9.17) is 18.9 Å². The zero-order valence-corrected chi connectivity index (χ0v) is 12.7. The molecule has 4 heteroatoms. The van der Waals surface area contributed by atoms with Crippen LogP contribution in [0.25, 0.3) is 0 Å². The maximum atomic E-state index is 6.01. The highest BCUT2D eigenvalue weighted by Gasteiger charge is 2.52. The average Bonchev–Trinajstić information content (AvgIpc) is 2.82. The second-order valence-electron chi connectivity index (χ2n) is 5.99. The topological polar surface area (TPSA) is 36.9 Å². The number of allylic oxidation sites excluding steroid dienone is 2. The van der Waals surface area contributed by atoms with Gasteiger partial charge >= 0.3 is 0 Å². The van der Waals surface area contributed by atoms with Crippen LogP contribution in [0.15, 0.2) is 37.5 Å². The van der Waals surface area contributed by atoms with E-state index >= 15 is 0 Å². The van der Waals surface area contributed by atoms with Crippen LogP contribution in [-0.2, 0) is 18.9 Å². The van der Waals surface area contributed by atoms with Crippen LogP contribution in [0.3, 0.4) is 0 Å². The summed E-state index contributed by atoms with van der Waals surface area (Å²) in [6.45, 7) is 15.1. The van der Waals surface area contributed by atoms with Gasteiger partial charge in [-0.25, -0.2) is 0 Å². The molecule has 2 aliphatic heterocycles. The fourth-order valence-electron chi connectivity index (χ4n) is 2.66. The predicted molar refractivity (Wildman–Crippen MR) is 77.2 cm³/mol. The summed E-state index contributed by atoms with van der Waals surface area (Å²) >= 11 is 0. The van der Waals surface area contributed by atoms with E-state index in [0.29, 0.717) is 0 Å². The minimum atomic E-state index is -0.650. The lowest BCUT2D eigenvalue weighted by molar-refractivity contribution is -0.174. The number of rotatable bonds is 4. The highest BCUT2D eigenvalue weighted by Crippen LogP contribution is 2.39. The van der Waals surface area contributed by atoms with Crippen LogP contribution in [0.1, 0.15) is 27.7 Å². The number of hydrogen-bond donors (Lipinski definition) is 0. The lowest BCUT2D eigenvalue weighted by Crippen LogP contribution is -2.40. The highest BCUT2D eigenvalue weighted by molar-refractivity contribution is 5.09. The zero-order valence-electron chi connectivity index (χ0n) is 12.7. The van der Waals surface area contributed by atoms with Crippen LogP contribution in [0, 0.1) is 0 Å². The molecule has 2 saturated heterocycles. The minimum absolute atomic E-state index is 0.201. The largest absolute Gasteiger partial charge is 0.341 e. The predicted octanol–water partition coefficient (Wildman–Crippen LogP) is 2.95. The lowest BCUT2D eigenvalue weighted by atomic mass is 10.0. The third-order valence-electron chi connectivity index (χ3n) is 3.32. The molecule has 0 aromatic carbocycles. The van der Waals surface area contributed by atoms with E-state index < -0.39 is 11.6 Å². The molecule has 2 rings (SSSR count). The Kier molecular flexibility index (Phi) is 4.21. The van der Waals surface area contributed by atoms with Crippen LogP contribution in [0.5, 0.6) is 0 Å². The Hall–Kier alpha value is -0.940. The van der Waals surface area contributed by atoms with E-state index in [9.17, 15) is 0 Å². The summed E-state index contributed by atoms with van der Waals surface area (Å²) in [4.78, 5) is 0. The molecular formula is C16H24O4. The zero-order chi connectivity index (χ0) is 15.0. The molecule has 2 heterocycles. The van der Waals surface area contributed by atoms with Gasteiger partial charge in [-0.3, -0.25) is 0 Å². The maximum Gasteiger partial charge on any atom is 0.164 e. The van der Waals surface area contributed by atoms with Crippen molar-refractivity contribution in [1.82, 2.24) is 0 Å². The van der Waals surface area contributed by atoms with Gasteiger partial charge in [0.25, 0.3) is 0 Å². The molecule has 0 amide bonds. The van der Waals surface area contributed by atoms with E-state index in [2.05, 4.69) is 13.2 Å². The normalized spacial score (nSPS) is 39.2. The van der Waals surface area contributed by atoms with Gasteiger partial charge in [-0.05, 0) is 27.7 Å². The van der Waals surface area contributed by atoms with E-state index in [1.54, 1.807) is 12.2 Å². The molecule has 2 aliphatic rings. The molecule has 0 bridgehead atoms. The van der Waals surface area contributed by atoms with Gasteiger partial charge in [-0.1, -0.05) is 30.9 Å². The van der Waals surface area contributed by atoms with Crippen molar-refractivity contribution in [2.24, 2.45) is 0 Å². The Morgan fingerprint density at radius 3 is 1.80 bits per heavy atom. The molecule has 2 fully saturated rings. The second kappa shape index (κ2) is 5.45. The summed E-state index contributed by atoms with van der Waals surface area (Å²) in [5, 5.41) is 0. The lowest BCUT2D eigenvalue weighted by Gasteiger charge is -2.24. The average molecular weight is 280 g/mol. The van der Waals surface area contributed by atoms with E-state index in [0.717, 1.165) is 0 Å². The molecule has 4 nitrogen and oxygen atoms in total. The van der Waals surface area contributed by atoms with E-state index in [1.807, 2.05) is 39.8 Å². The summed E-state index contributed by atoms with van der Waals surface area (Å²) in [7, 11) is 0. The summed E-state index contributed by atoms with van der Waals surface area (Å²) in [6.07, 6.45) is 6.34. The number of ether oxygens (including phenoxy) is 4. The van der Waals surface area contributed by atoms with Crippen molar-refractivity contribution in [2.75, 3.05) is 0 Å². The van der Waals surface area contributed by atoms with Crippen molar-refractivity contribution >= 4 is 0 Å². The summed E-state index contributed by atoms with van der Waals surface area (Å²) in [5.74, 6) is -1.30. The van der Waals surface area contributed by atoms with Crippen LogP contribution in [-0.4, -0.2) is 36.0 Å². The van der Waals surface area contributed by atoms with Crippen molar-refractivity contribution in [3.63, 3.8) is 0 Å². The summed E-state index contributed by atoms with van der Waals surface area (Å²) < 4.78 is 23.7. The SMILES string of the molecule is C=C/C=C\[C@@H]1OC(C)(C)O[C@H]1[C@@H]1OC(C)(C)O[C@@H]1C=C. The number of hydrogen-bond acceptors (Lipinski definition) is 4. The van der Waals surface area contributed by atoms with Gasteiger partial charge < -0.3 is 18.9 Å². The molecule has 0 aromatic heterocycles. The Morgan fingerprint density at radius 2 is 1.30 bits per heavy atom. The molecule has 0 radical (unpaired) electrons. The highest BCUT2D eigenvalue weighted by atomic mass is 16.8. The Labute approximate surface area is 121 Å². The van der Waals surface area contributed by atoms with Gasteiger partial charge in [0, 0.05) is 0 Å². The van der Waals surface area contributed by atoms with E-state index in [1.165, 1.54) is 0 Å². The first-order valence-electron chi connectivity index (χ1n) is 6.91. The van der Waals surface area contributed by atoms with Crippen molar-refractivity contribution in [3.8, 4) is 0 Å². The second-order valence-corrected chi connectivity index (χ2v) is 5.99. The van der Waals surface area contributed by atoms with Crippen molar-refractivity contribution < 1.29 is 18.9 Å². The van der Waals surface area contributed by atoms with Crippen LogP contribution < -0.4 is 0 Å².